The normalized spacial score (nSPS) is 15.9. The maximum absolute atomic E-state index is 5.83. The highest BCUT2D eigenvalue weighted by Gasteiger charge is 2.20. The second-order valence-corrected chi connectivity index (χ2v) is 7.39. The van der Waals surface area contributed by atoms with Crippen LogP contribution in [0.5, 0.6) is 0 Å². The quantitative estimate of drug-likeness (QED) is 0.608. The van der Waals surface area contributed by atoms with Crippen molar-refractivity contribution in [3.05, 3.63) is 89.0 Å². The lowest BCUT2D eigenvalue weighted by molar-refractivity contribution is 0.831. The van der Waals surface area contributed by atoms with Crippen molar-refractivity contribution in [2.24, 2.45) is 5.73 Å². The van der Waals surface area contributed by atoms with E-state index in [1.807, 2.05) is 0 Å². The molecule has 0 saturated heterocycles. The number of hydrogen-bond donors (Lipinski definition) is 1. The van der Waals surface area contributed by atoms with E-state index in [0.29, 0.717) is 6.54 Å². The van der Waals surface area contributed by atoms with E-state index in [-0.39, 0.29) is 0 Å². The average molecular weight is 337 g/mol. The molecule has 0 aliphatic heterocycles. The average Bonchev–Trinajstić information content (AvgIpc) is 2.73. The van der Waals surface area contributed by atoms with Crippen molar-refractivity contribution >= 4 is 16.3 Å². The Morgan fingerprint density at radius 2 is 1.73 bits per heavy atom. The molecule has 0 aromatic heterocycles. The van der Waals surface area contributed by atoms with Crippen LogP contribution in [0.1, 0.15) is 36.0 Å². The van der Waals surface area contributed by atoms with Gasteiger partial charge in [-0.05, 0) is 82.0 Å². The summed E-state index contributed by atoms with van der Waals surface area (Å²) in [6.45, 7) is 0.583. The zero-order chi connectivity index (χ0) is 17.5. The van der Waals surface area contributed by atoms with Gasteiger partial charge >= 0.3 is 0 Å². The molecule has 0 fully saturated rings. The van der Waals surface area contributed by atoms with E-state index in [2.05, 4.69) is 66.7 Å². The molecule has 3 aromatic rings. The standard InChI is InChI=1S/C25H23N/c26-16-17-4-3-6-20(14-17)21-9-8-19-11-12-23-22-7-2-1-5-18(22)10-13-24(23)25(19)15-21/h2-4,6-9,11-12,14-15H,1,5,10,13,16,26H2. The highest BCUT2D eigenvalue weighted by molar-refractivity contribution is 5.96. The minimum Gasteiger partial charge on any atom is -0.326 e. The van der Waals surface area contributed by atoms with Crippen LogP contribution in [0, 0.1) is 0 Å². The third-order valence-corrected chi connectivity index (χ3v) is 5.87. The Kier molecular flexibility index (Phi) is 3.76. The maximum atomic E-state index is 5.83. The molecule has 0 saturated carbocycles. The van der Waals surface area contributed by atoms with Crippen molar-refractivity contribution < 1.29 is 0 Å². The minimum atomic E-state index is 0.583. The van der Waals surface area contributed by atoms with E-state index in [4.69, 9.17) is 5.73 Å². The molecular weight excluding hydrogens is 314 g/mol. The number of aryl methyl sites for hydroxylation is 1. The molecule has 26 heavy (non-hydrogen) atoms. The fourth-order valence-corrected chi connectivity index (χ4v) is 4.49. The Balaban J connectivity index is 1.69. The molecule has 0 atom stereocenters. The van der Waals surface area contributed by atoms with E-state index < -0.39 is 0 Å². The summed E-state index contributed by atoms with van der Waals surface area (Å²) in [6.07, 6.45) is 9.47. The summed E-state index contributed by atoms with van der Waals surface area (Å²) < 4.78 is 0. The first-order valence-electron chi connectivity index (χ1n) is 9.57. The maximum Gasteiger partial charge on any atom is 0.0178 e. The zero-order valence-corrected chi connectivity index (χ0v) is 15.0. The Morgan fingerprint density at radius 1 is 0.846 bits per heavy atom. The van der Waals surface area contributed by atoms with Crippen molar-refractivity contribution in [3.8, 4) is 11.1 Å². The molecule has 0 spiro atoms. The number of benzene rings is 3. The molecule has 0 unspecified atom stereocenters. The largest absolute Gasteiger partial charge is 0.326 e. The molecule has 0 radical (unpaired) electrons. The first kappa shape index (κ1) is 15.6. The molecule has 1 nitrogen and oxygen atoms in total. The highest BCUT2D eigenvalue weighted by atomic mass is 14.5. The Bertz CT molecular complexity index is 1070. The highest BCUT2D eigenvalue weighted by Crippen LogP contribution is 2.40. The molecule has 3 aromatic carbocycles. The lowest BCUT2D eigenvalue weighted by Crippen LogP contribution is -2.07. The Hall–Kier alpha value is -2.64. The lowest BCUT2D eigenvalue weighted by atomic mass is 9.79. The van der Waals surface area contributed by atoms with Crippen LogP contribution in [-0.4, -0.2) is 0 Å². The first-order valence-corrected chi connectivity index (χ1v) is 9.57. The number of rotatable bonds is 2. The van der Waals surface area contributed by atoms with Crippen LogP contribution in [0.2, 0.25) is 0 Å². The first-order chi connectivity index (χ1) is 12.8. The SMILES string of the molecule is NCc1cccc(-c2ccc3ccc4c(c3c2)CCC2=C4C=CCC2)c1. The molecule has 5 rings (SSSR count). The van der Waals surface area contributed by atoms with E-state index in [1.165, 1.54) is 63.4 Å². The van der Waals surface area contributed by atoms with Gasteiger partial charge in [0.25, 0.3) is 0 Å². The second-order valence-electron chi connectivity index (χ2n) is 7.39. The number of hydrogen-bond acceptors (Lipinski definition) is 1. The van der Waals surface area contributed by atoms with Gasteiger partial charge in [-0.15, -0.1) is 0 Å². The topological polar surface area (TPSA) is 26.0 Å². The van der Waals surface area contributed by atoms with Gasteiger partial charge in [-0.1, -0.05) is 60.2 Å². The molecule has 0 heterocycles. The second kappa shape index (κ2) is 6.26. The summed E-state index contributed by atoms with van der Waals surface area (Å²) in [6, 6.07) is 20.1. The van der Waals surface area contributed by atoms with Crippen molar-refractivity contribution in [2.45, 2.75) is 32.2 Å². The summed E-state index contributed by atoms with van der Waals surface area (Å²) in [7, 11) is 0. The van der Waals surface area contributed by atoms with Crippen molar-refractivity contribution in [3.63, 3.8) is 0 Å². The van der Waals surface area contributed by atoms with Gasteiger partial charge in [-0.3, -0.25) is 0 Å². The molecule has 1 heteroatoms. The van der Waals surface area contributed by atoms with E-state index >= 15 is 0 Å². The van der Waals surface area contributed by atoms with E-state index in [9.17, 15) is 0 Å². The van der Waals surface area contributed by atoms with Crippen LogP contribution < -0.4 is 5.73 Å². The summed E-state index contributed by atoms with van der Waals surface area (Å²) in [5.74, 6) is 0. The van der Waals surface area contributed by atoms with Crippen LogP contribution in [0.3, 0.4) is 0 Å². The summed E-state index contributed by atoms with van der Waals surface area (Å²) >= 11 is 0. The van der Waals surface area contributed by atoms with Crippen LogP contribution in [0.15, 0.2) is 72.3 Å². The van der Waals surface area contributed by atoms with E-state index in [1.54, 1.807) is 5.57 Å². The fraction of sp³-hybridized carbons (Fsp3) is 0.200. The van der Waals surface area contributed by atoms with Gasteiger partial charge in [0.1, 0.15) is 0 Å². The monoisotopic (exact) mass is 337 g/mol. The minimum absolute atomic E-state index is 0.583. The summed E-state index contributed by atoms with van der Waals surface area (Å²) in [4.78, 5) is 0. The van der Waals surface area contributed by atoms with Gasteiger partial charge in [0, 0.05) is 6.54 Å². The Labute approximate surface area is 154 Å². The van der Waals surface area contributed by atoms with Crippen molar-refractivity contribution in [2.75, 3.05) is 0 Å². The fourth-order valence-electron chi connectivity index (χ4n) is 4.49. The van der Waals surface area contributed by atoms with Gasteiger partial charge in [0.2, 0.25) is 0 Å². The van der Waals surface area contributed by atoms with Gasteiger partial charge in [0.05, 0.1) is 0 Å². The number of allylic oxidation sites excluding steroid dienone is 4. The van der Waals surface area contributed by atoms with Gasteiger partial charge in [-0.25, -0.2) is 0 Å². The predicted octanol–water partition coefficient (Wildman–Crippen LogP) is 6.02. The molecule has 2 N–H and O–H groups in total. The summed E-state index contributed by atoms with van der Waals surface area (Å²) in [5, 5.41) is 2.75. The van der Waals surface area contributed by atoms with Gasteiger partial charge in [0.15, 0.2) is 0 Å². The smallest absolute Gasteiger partial charge is 0.0178 e. The van der Waals surface area contributed by atoms with Crippen LogP contribution >= 0.6 is 0 Å². The number of nitrogens with two attached hydrogens (primary N) is 1. The molecule has 2 aliphatic rings. The van der Waals surface area contributed by atoms with Gasteiger partial charge in [-0.2, -0.15) is 0 Å². The molecule has 0 amide bonds. The van der Waals surface area contributed by atoms with Crippen molar-refractivity contribution in [1.82, 2.24) is 0 Å². The Morgan fingerprint density at radius 3 is 2.65 bits per heavy atom. The number of fused-ring (bicyclic) bond motifs is 4. The predicted molar refractivity (Wildman–Crippen MR) is 111 cm³/mol. The molecular formula is C25H23N. The van der Waals surface area contributed by atoms with Gasteiger partial charge < -0.3 is 5.73 Å². The molecule has 2 aliphatic carbocycles. The summed E-state index contributed by atoms with van der Waals surface area (Å²) in [5.41, 5.74) is 15.6. The molecule has 0 bridgehead atoms. The van der Waals surface area contributed by atoms with E-state index in [0.717, 1.165) is 6.42 Å². The zero-order valence-electron chi connectivity index (χ0n) is 15.0. The van der Waals surface area contributed by atoms with Crippen LogP contribution in [0.4, 0.5) is 0 Å². The lowest BCUT2D eigenvalue weighted by Gasteiger charge is -2.25. The third kappa shape index (κ3) is 2.51. The third-order valence-electron chi connectivity index (χ3n) is 5.87. The van der Waals surface area contributed by atoms with Crippen molar-refractivity contribution in [1.29, 1.82) is 0 Å². The van der Waals surface area contributed by atoms with Crippen LogP contribution in [-0.2, 0) is 13.0 Å². The van der Waals surface area contributed by atoms with Crippen LogP contribution in [0.25, 0.3) is 27.5 Å². The molecule has 128 valence electrons.